The lowest BCUT2D eigenvalue weighted by atomic mass is 10.1. The van der Waals surface area contributed by atoms with Crippen LogP contribution in [0.3, 0.4) is 0 Å². The molecule has 166 valence electrons. The molecule has 2 saturated heterocycles. The highest BCUT2D eigenvalue weighted by Gasteiger charge is 2.24. The summed E-state index contributed by atoms with van der Waals surface area (Å²) in [6.45, 7) is 12.5. The summed E-state index contributed by atoms with van der Waals surface area (Å²) in [5.74, 6) is 1.17. The van der Waals surface area contributed by atoms with Crippen molar-refractivity contribution >= 4 is 11.7 Å². The summed E-state index contributed by atoms with van der Waals surface area (Å²) in [5, 5.41) is 0. The van der Waals surface area contributed by atoms with Crippen molar-refractivity contribution in [3.05, 3.63) is 29.8 Å². The maximum Gasteiger partial charge on any atom is 0.225 e. The van der Waals surface area contributed by atoms with E-state index in [1.807, 2.05) is 43.0 Å². The van der Waals surface area contributed by atoms with Crippen LogP contribution in [0, 0.1) is 5.92 Å². The first-order valence-electron chi connectivity index (χ1n) is 11.5. The highest BCUT2D eigenvalue weighted by atomic mass is 16.5. The first-order valence-corrected chi connectivity index (χ1v) is 11.5. The minimum atomic E-state index is 0.0303. The van der Waals surface area contributed by atoms with Crippen molar-refractivity contribution in [2.75, 3.05) is 52.4 Å². The molecule has 2 aliphatic rings. The van der Waals surface area contributed by atoms with Gasteiger partial charge in [0.1, 0.15) is 5.75 Å². The second kappa shape index (κ2) is 10.9. The molecule has 30 heavy (non-hydrogen) atoms. The molecule has 2 aliphatic heterocycles. The molecule has 1 atom stereocenters. The third kappa shape index (κ3) is 6.29. The SMILES string of the molecule is CC(C)C(=O)N1CCN(CC(=O)c2ccc(OCCCN3CCCC3C)cc2)CC1. The number of amides is 1. The Labute approximate surface area is 181 Å². The van der Waals surface area contributed by atoms with Gasteiger partial charge in [-0.25, -0.2) is 0 Å². The fourth-order valence-corrected chi connectivity index (χ4v) is 4.31. The van der Waals surface area contributed by atoms with Gasteiger partial charge >= 0.3 is 0 Å². The van der Waals surface area contributed by atoms with Gasteiger partial charge in [-0.1, -0.05) is 13.8 Å². The van der Waals surface area contributed by atoms with Gasteiger partial charge < -0.3 is 14.5 Å². The van der Waals surface area contributed by atoms with E-state index in [9.17, 15) is 9.59 Å². The van der Waals surface area contributed by atoms with Gasteiger partial charge in [0.2, 0.25) is 5.91 Å². The summed E-state index contributed by atoms with van der Waals surface area (Å²) in [6, 6.07) is 8.21. The zero-order chi connectivity index (χ0) is 21.5. The van der Waals surface area contributed by atoms with Crippen molar-refractivity contribution in [2.45, 2.75) is 46.1 Å². The third-order valence-corrected chi connectivity index (χ3v) is 6.27. The lowest BCUT2D eigenvalue weighted by Crippen LogP contribution is -2.50. The molecular weight excluding hydrogens is 378 g/mol. The van der Waals surface area contributed by atoms with Crippen LogP contribution in [0.2, 0.25) is 0 Å². The van der Waals surface area contributed by atoms with Crippen molar-refractivity contribution < 1.29 is 14.3 Å². The number of rotatable bonds is 9. The molecular formula is C24H37N3O3. The number of benzene rings is 1. The van der Waals surface area contributed by atoms with Crippen LogP contribution in [-0.4, -0.2) is 84.9 Å². The first kappa shape index (κ1) is 22.8. The number of piperazine rings is 1. The number of carbonyl (C=O) groups is 2. The monoisotopic (exact) mass is 415 g/mol. The minimum Gasteiger partial charge on any atom is -0.494 e. The Balaban J connectivity index is 1.37. The summed E-state index contributed by atoms with van der Waals surface area (Å²) in [6.07, 6.45) is 3.64. The molecule has 1 aromatic rings. The van der Waals surface area contributed by atoms with Crippen molar-refractivity contribution in [1.82, 2.24) is 14.7 Å². The molecule has 2 fully saturated rings. The highest BCUT2D eigenvalue weighted by molar-refractivity contribution is 5.97. The Morgan fingerprint density at radius 1 is 1.07 bits per heavy atom. The molecule has 0 N–H and O–H groups in total. The van der Waals surface area contributed by atoms with Crippen LogP contribution in [0.4, 0.5) is 0 Å². The summed E-state index contributed by atoms with van der Waals surface area (Å²) in [5.41, 5.74) is 0.717. The lowest BCUT2D eigenvalue weighted by Gasteiger charge is -2.35. The summed E-state index contributed by atoms with van der Waals surface area (Å²) < 4.78 is 5.85. The molecule has 1 aromatic carbocycles. The lowest BCUT2D eigenvalue weighted by molar-refractivity contribution is -0.136. The number of nitrogens with zero attached hydrogens (tertiary/aromatic N) is 3. The zero-order valence-electron chi connectivity index (χ0n) is 18.8. The van der Waals surface area contributed by atoms with Gasteiger partial charge in [-0.2, -0.15) is 0 Å². The molecule has 6 heteroatoms. The second-order valence-corrected chi connectivity index (χ2v) is 8.93. The van der Waals surface area contributed by atoms with Gasteiger partial charge in [0.15, 0.2) is 5.78 Å². The quantitative estimate of drug-likeness (QED) is 0.459. The van der Waals surface area contributed by atoms with E-state index in [2.05, 4.69) is 16.7 Å². The molecule has 1 amide bonds. The summed E-state index contributed by atoms with van der Waals surface area (Å²) in [7, 11) is 0. The molecule has 0 bridgehead atoms. The molecule has 1 unspecified atom stereocenters. The van der Waals surface area contributed by atoms with E-state index in [-0.39, 0.29) is 17.6 Å². The number of carbonyl (C=O) groups excluding carboxylic acids is 2. The standard InChI is InChI=1S/C24H37N3O3/c1-19(2)24(29)27-15-13-25(14-16-27)18-23(28)21-7-9-22(10-8-21)30-17-5-12-26-11-4-6-20(26)3/h7-10,19-20H,4-6,11-18H2,1-3H3. The predicted octanol–water partition coefficient (Wildman–Crippen LogP) is 2.92. The molecule has 0 spiro atoms. The number of likely N-dealkylation sites (tertiary alicyclic amines) is 1. The Morgan fingerprint density at radius 3 is 2.37 bits per heavy atom. The van der Waals surface area contributed by atoms with Gasteiger partial charge in [0.25, 0.3) is 0 Å². The zero-order valence-corrected chi connectivity index (χ0v) is 18.8. The van der Waals surface area contributed by atoms with E-state index in [0.29, 0.717) is 37.8 Å². The Kier molecular flexibility index (Phi) is 8.28. The molecule has 6 nitrogen and oxygen atoms in total. The molecule has 0 radical (unpaired) electrons. The smallest absolute Gasteiger partial charge is 0.225 e. The van der Waals surface area contributed by atoms with Gasteiger partial charge in [-0.3, -0.25) is 14.5 Å². The molecule has 2 heterocycles. The average Bonchev–Trinajstić information content (AvgIpc) is 3.16. The first-order chi connectivity index (χ1) is 14.4. The van der Waals surface area contributed by atoms with Crippen LogP contribution in [0.5, 0.6) is 5.75 Å². The number of hydrogen-bond donors (Lipinski definition) is 0. The number of ketones is 1. The van der Waals surface area contributed by atoms with Gasteiger partial charge in [0.05, 0.1) is 13.2 Å². The number of hydrogen-bond acceptors (Lipinski definition) is 5. The molecule has 3 rings (SSSR count). The second-order valence-electron chi connectivity index (χ2n) is 8.93. The van der Waals surface area contributed by atoms with Crippen LogP contribution >= 0.6 is 0 Å². The Hall–Kier alpha value is -1.92. The van der Waals surface area contributed by atoms with E-state index in [0.717, 1.165) is 31.8 Å². The summed E-state index contributed by atoms with van der Waals surface area (Å²) >= 11 is 0. The largest absolute Gasteiger partial charge is 0.494 e. The van der Waals surface area contributed by atoms with Gasteiger partial charge in [0, 0.05) is 50.2 Å². The summed E-state index contributed by atoms with van der Waals surface area (Å²) in [4.78, 5) is 31.3. The number of ether oxygens (including phenoxy) is 1. The van der Waals surface area contributed by atoms with E-state index in [1.165, 1.54) is 19.4 Å². The van der Waals surface area contributed by atoms with E-state index in [1.54, 1.807) is 0 Å². The van der Waals surface area contributed by atoms with Crippen molar-refractivity contribution in [1.29, 1.82) is 0 Å². The van der Waals surface area contributed by atoms with Crippen molar-refractivity contribution in [2.24, 2.45) is 5.92 Å². The van der Waals surface area contributed by atoms with Crippen LogP contribution in [-0.2, 0) is 4.79 Å². The number of Topliss-reactive ketones (excluding diaryl/α,β-unsaturated/α-hetero) is 1. The van der Waals surface area contributed by atoms with Gasteiger partial charge in [-0.15, -0.1) is 0 Å². The molecule has 0 saturated carbocycles. The Bertz CT molecular complexity index is 696. The third-order valence-electron chi connectivity index (χ3n) is 6.27. The van der Waals surface area contributed by atoms with Crippen LogP contribution in [0.25, 0.3) is 0 Å². The van der Waals surface area contributed by atoms with Crippen molar-refractivity contribution in [3.8, 4) is 5.75 Å². The Morgan fingerprint density at radius 2 is 1.77 bits per heavy atom. The van der Waals surface area contributed by atoms with E-state index in [4.69, 9.17) is 4.74 Å². The fraction of sp³-hybridized carbons (Fsp3) is 0.667. The van der Waals surface area contributed by atoms with Gasteiger partial charge in [-0.05, 0) is 57.0 Å². The highest BCUT2D eigenvalue weighted by Crippen LogP contribution is 2.17. The van der Waals surface area contributed by atoms with Crippen LogP contribution in [0.1, 0.15) is 50.4 Å². The normalized spacial score (nSPS) is 20.7. The van der Waals surface area contributed by atoms with E-state index >= 15 is 0 Å². The average molecular weight is 416 g/mol. The predicted molar refractivity (Wildman–Crippen MR) is 119 cm³/mol. The van der Waals surface area contributed by atoms with Crippen LogP contribution in [0.15, 0.2) is 24.3 Å². The maximum atomic E-state index is 12.6. The van der Waals surface area contributed by atoms with Crippen molar-refractivity contribution in [3.63, 3.8) is 0 Å². The van der Waals surface area contributed by atoms with E-state index < -0.39 is 0 Å². The minimum absolute atomic E-state index is 0.0303. The van der Waals surface area contributed by atoms with Crippen LogP contribution < -0.4 is 4.74 Å². The fourth-order valence-electron chi connectivity index (χ4n) is 4.31. The maximum absolute atomic E-state index is 12.6. The molecule has 0 aliphatic carbocycles. The topological polar surface area (TPSA) is 53.1 Å². The molecule has 0 aromatic heterocycles.